The molecule has 0 amide bonds. The molecule has 1 saturated heterocycles. The first-order valence-corrected chi connectivity index (χ1v) is 16.4. The average Bonchev–Trinajstić information content (AvgIpc) is 3.62. The van der Waals surface area contributed by atoms with E-state index >= 15 is 0 Å². The Morgan fingerprint density at radius 1 is 1.12 bits per heavy atom. The summed E-state index contributed by atoms with van der Waals surface area (Å²) in [4.78, 5) is 14.0. The van der Waals surface area contributed by atoms with Crippen LogP contribution in [0.5, 0.6) is 11.8 Å². The summed E-state index contributed by atoms with van der Waals surface area (Å²) >= 11 is 2.59. The molecular formula is C26H32N8O3S3. The molecule has 4 heterocycles. The second-order valence-corrected chi connectivity index (χ2v) is 13.2. The van der Waals surface area contributed by atoms with Crippen molar-refractivity contribution in [3.63, 3.8) is 0 Å². The summed E-state index contributed by atoms with van der Waals surface area (Å²) in [7, 11) is -1.69. The highest BCUT2D eigenvalue weighted by molar-refractivity contribution is 7.98. The van der Waals surface area contributed by atoms with Crippen LogP contribution in [0.4, 0.5) is 5.69 Å². The van der Waals surface area contributed by atoms with Gasteiger partial charge >= 0.3 is 6.01 Å². The molecule has 0 radical (unpaired) electrons. The predicted molar refractivity (Wildman–Crippen MR) is 158 cm³/mol. The van der Waals surface area contributed by atoms with Crippen LogP contribution in [0.1, 0.15) is 25.7 Å². The predicted octanol–water partition coefficient (Wildman–Crippen LogP) is 4.12. The number of hydrogen-bond donors (Lipinski definition) is 1. The third-order valence-electron chi connectivity index (χ3n) is 6.59. The van der Waals surface area contributed by atoms with Crippen LogP contribution < -0.4 is 14.4 Å². The van der Waals surface area contributed by atoms with Crippen molar-refractivity contribution in [3.8, 4) is 22.3 Å². The van der Waals surface area contributed by atoms with Crippen molar-refractivity contribution in [2.24, 2.45) is 0 Å². The molecule has 1 N–H and O–H groups in total. The molecule has 1 atom stereocenters. The second kappa shape index (κ2) is 12.2. The first-order chi connectivity index (χ1) is 19.3. The Labute approximate surface area is 242 Å². The lowest BCUT2D eigenvalue weighted by Gasteiger charge is -2.34. The molecule has 0 bridgehead atoms. The van der Waals surface area contributed by atoms with Gasteiger partial charge in [-0.3, -0.25) is 4.57 Å². The molecule has 0 spiro atoms. The van der Waals surface area contributed by atoms with Gasteiger partial charge in [-0.1, -0.05) is 22.9 Å². The van der Waals surface area contributed by atoms with E-state index in [4.69, 9.17) is 4.74 Å². The highest BCUT2D eigenvalue weighted by atomic mass is 32.2. The van der Waals surface area contributed by atoms with Crippen molar-refractivity contribution in [1.29, 1.82) is 0 Å². The van der Waals surface area contributed by atoms with E-state index in [0.717, 1.165) is 48.1 Å². The van der Waals surface area contributed by atoms with Gasteiger partial charge in [0.1, 0.15) is 9.96 Å². The van der Waals surface area contributed by atoms with Crippen molar-refractivity contribution < 1.29 is 13.2 Å². The number of sulfonamides is 1. The molecular weight excluding hydrogens is 569 g/mol. The molecule has 0 aliphatic carbocycles. The highest BCUT2D eigenvalue weighted by Crippen LogP contribution is 2.32. The van der Waals surface area contributed by atoms with Crippen molar-refractivity contribution in [1.82, 2.24) is 34.4 Å². The van der Waals surface area contributed by atoms with E-state index in [1.54, 1.807) is 35.9 Å². The normalized spacial score (nSPS) is 15.3. The Bertz CT molecular complexity index is 1560. The fourth-order valence-corrected chi connectivity index (χ4v) is 7.28. The van der Waals surface area contributed by atoms with E-state index < -0.39 is 16.1 Å². The minimum atomic E-state index is -3.82. The number of thiophene rings is 1. The van der Waals surface area contributed by atoms with Gasteiger partial charge in [0.05, 0.1) is 16.6 Å². The molecule has 1 aromatic carbocycles. The maximum Gasteiger partial charge on any atom is 0.322 e. The minimum Gasteiger partial charge on any atom is -0.424 e. The van der Waals surface area contributed by atoms with Gasteiger partial charge < -0.3 is 14.5 Å². The van der Waals surface area contributed by atoms with Gasteiger partial charge in [-0.2, -0.15) is 4.72 Å². The number of anilines is 1. The van der Waals surface area contributed by atoms with Gasteiger partial charge in [-0.15, -0.1) is 16.4 Å². The number of rotatable bonds is 10. The lowest BCUT2D eigenvalue weighted by molar-refractivity contribution is 0.312. The molecule has 40 heavy (non-hydrogen) atoms. The van der Waals surface area contributed by atoms with Gasteiger partial charge in [0, 0.05) is 50.7 Å². The van der Waals surface area contributed by atoms with Crippen molar-refractivity contribution in [2.45, 2.75) is 35.8 Å². The van der Waals surface area contributed by atoms with Gasteiger partial charge in [-0.05, 0) is 57.5 Å². The van der Waals surface area contributed by atoms with Crippen LogP contribution in [0, 0.1) is 0 Å². The van der Waals surface area contributed by atoms with Crippen LogP contribution in [0.3, 0.4) is 0 Å². The fraction of sp³-hybridized carbons (Fsp3) is 0.385. The molecule has 0 saturated carbocycles. The van der Waals surface area contributed by atoms with Crippen molar-refractivity contribution in [3.05, 3.63) is 54.5 Å². The third kappa shape index (κ3) is 6.31. The molecule has 4 aromatic rings. The smallest absolute Gasteiger partial charge is 0.322 e. The number of nitrogens with zero attached hydrogens (tertiary/aromatic N) is 7. The molecule has 5 rings (SSSR count). The Hall–Kier alpha value is -3.04. The van der Waals surface area contributed by atoms with E-state index in [-0.39, 0.29) is 4.21 Å². The molecule has 1 fully saturated rings. The van der Waals surface area contributed by atoms with E-state index in [9.17, 15) is 8.42 Å². The van der Waals surface area contributed by atoms with Crippen LogP contribution in [0.2, 0.25) is 0 Å². The number of hydrogen-bond acceptors (Lipinski definition) is 11. The van der Waals surface area contributed by atoms with E-state index in [2.05, 4.69) is 47.8 Å². The van der Waals surface area contributed by atoms with Crippen molar-refractivity contribution in [2.75, 3.05) is 44.4 Å². The lowest BCUT2D eigenvalue weighted by atomic mass is 10.2. The van der Waals surface area contributed by atoms with Crippen LogP contribution in [-0.2, 0) is 16.6 Å². The fourth-order valence-electron chi connectivity index (χ4n) is 4.43. The molecule has 212 valence electrons. The maximum absolute atomic E-state index is 13.3. The topological polar surface area (TPSA) is 118 Å². The maximum atomic E-state index is 13.3. The molecule has 1 aliphatic rings. The SMILES string of the molecule is CCn1c(Oc2cccc(N3CCN(C)CC3)c2)nnc1[C@@H](C)NS(=O)(=O)c1ccc(-c2ccnc(SC)n2)s1. The molecule has 1 aliphatic heterocycles. The van der Waals surface area contributed by atoms with E-state index in [1.165, 1.54) is 11.8 Å². The van der Waals surface area contributed by atoms with Gasteiger partial charge in [0.25, 0.3) is 10.0 Å². The van der Waals surface area contributed by atoms with Gasteiger partial charge in [-0.25, -0.2) is 18.4 Å². The van der Waals surface area contributed by atoms with Crippen LogP contribution >= 0.6 is 23.1 Å². The van der Waals surface area contributed by atoms with Gasteiger partial charge in [0.15, 0.2) is 11.0 Å². The van der Waals surface area contributed by atoms with E-state index in [0.29, 0.717) is 35.0 Å². The number of piperazine rings is 1. The average molecular weight is 601 g/mol. The largest absolute Gasteiger partial charge is 0.424 e. The summed E-state index contributed by atoms with van der Waals surface area (Å²) in [6.45, 7) is 8.13. The van der Waals surface area contributed by atoms with Crippen LogP contribution in [-0.4, -0.2) is 77.5 Å². The molecule has 0 unspecified atom stereocenters. The quantitative estimate of drug-likeness (QED) is 0.210. The zero-order valence-corrected chi connectivity index (χ0v) is 25.3. The first kappa shape index (κ1) is 28.5. The van der Waals surface area contributed by atoms with E-state index in [1.807, 2.05) is 31.4 Å². The second-order valence-electron chi connectivity index (χ2n) is 9.37. The number of benzene rings is 1. The Morgan fingerprint density at radius 2 is 1.93 bits per heavy atom. The third-order valence-corrected chi connectivity index (χ3v) is 10.3. The summed E-state index contributed by atoms with van der Waals surface area (Å²) in [5.74, 6) is 1.12. The Kier molecular flexibility index (Phi) is 8.71. The number of ether oxygens (including phenoxy) is 1. The number of likely N-dealkylation sites (N-methyl/N-ethyl adjacent to an activating group) is 1. The number of thioether (sulfide) groups is 1. The molecule has 11 nitrogen and oxygen atoms in total. The summed E-state index contributed by atoms with van der Waals surface area (Å²) in [5.41, 5.74) is 1.78. The van der Waals surface area contributed by atoms with Gasteiger partial charge in [0.2, 0.25) is 0 Å². The minimum absolute atomic E-state index is 0.193. The van der Waals surface area contributed by atoms with Crippen molar-refractivity contribution >= 4 is 38.8 Å². The summed E-state index contributed by atoms with van der Waals surface area (Å²) < 4.78 is 37.4. The van der Waals surface area contributed by atoms with Crippen LogP contribution in [0.15, 0.2) is 58.0 Å². The number of aromatic nitrogens is 5. The monoisotopic (exact) mass is 600 g/mol. The standard InChI is InChI=1S/C26H32N8O3S3/c1-5-34-24(29-30-26(34)37-20-8-6-7-19(17-20)33-15-13-32(3)14-16-33)18(2)31-40(35,36)23-10-9-22(39-23)21-11-12-27-25(28-21)38-4/h6-12,17-18,31H,5,13-16H2,1-4H3/t18-/m1/s1. The van der Waals surface area contributed by atoms with Crippen LogP contribution in [0.25, 0.3) is 10.6 Å². The summed E-state index contributed by atoms with van der Waals surface area (Å²) in [6.07, 6.45) is 3.56. The Balaban J connectivity index is 1.30. The number of nitrogens with one attached hydrogen (secondary N) is 1. The Morgan fingerprint density at radius 3 is 2.67 bits per heavy atom. The zero-order valence-electron chi connectivity index (χ0n) is 22.8. The molecule has 14 heteroatoms. The zero-order chi connectivity index (χ0) is 28.3. The first-order valence-electron chi connectivity index (χ1n) is 12.9. The lowest BCUT2D eigenvalue weighted by Crippen LogP contribution is -2.44. The summed E-state index contributed by atoms with van der Waals surface area (Å²) in [5, 5.41) is 9.15. The highest BCUT2D eigenvalue weighted by Gasteiger charge is 2.26. The molecule has 3 aromatic heterocycles. The summed E-state index contributed by atoms with van der Waals surface area (Å²) in [6, 6.07) is 12.7.